The molecule has 44 heavy (non-hydrogen) atoms. The van der Waals surface area contributed by atoms with Crippen LogP contribution in [0.2, 0.25) is 0 Å². The van der Waals surface area contributed by atoms with E-state index in [0.29, 0.717) is 58.0 Å². The molecule has 246 valence electrons. The summed E-state index contributed by atoms with van der Waals surface area (Å²) in [4.78, 5) is 53.7. The van der Waals surface area contributed by atoms with Crippen molar-refractivity contribution in [3.8, 4) is 0 Å². The predicted molar refractivity (Wildman–Crippen MR) is 178 cm³/mol. The molecule has 7 N–H and O–H groups in total. The number of fused-ring (bicyclic) bond motifs is 1. The molecule has 2 rings (SSSR count). The van der Waals surface area contributed by atoms with Crippen LogP contribution < -0.4 is 27.0 Å². The van der Waals surface area contributed by atoms with Crippen LogP contribution in [-0.4, -0.2) is 59.8 Å². The van der Waals surface area contributed by atoms with Gasteiger partial charge in [0.05, 0.1) is 0 Å². The number of carbonyl (C=O) groups is 4. The average molecular weight is 613 g/mol. The molecule has 0 bridgehead atoms. The molecule has 10 heteroatoms. The maximum atomic E-state index is 13.1. The average Bonchev–Trinajstić information content (AvgIpc) is 3.38. The number of benzene rings is 1. The summed E-state index contributed by atoms with van der Waals surface area (Å²) in [5.41, 5.74) is 7.84. The lowest BCUT2D eigenvalue weighted by Gasteiger charge is -2.24. The standard InChI is InChI=1S/C34H56N6O4/c1-6-28(41)15-14-27(20-26-22-36-32-13-8-7-12-30(26)32)39-33(43)37-21-25(11-9-10-18-35)19-29(42)16-17-31(23(2)3)40-34(44)38-24(4)5/h7-8,12-13,22-25,27,31,36H,6,9-11,14-21,35H2,1-5H3,(H2,37,39,43)(H2,38,40,44)/t25-,27-,31-/m1/s1. The van der Waals surface area contributed by atoms with Crippen LogP contribution >= 0.6 is 0 Å². The van der Waals surface area contributed by atoms with Crippen molar-refractivity contribution >= 4 is 34.5 Å². The summed E-state index contributed by atoms with van der Waals surface area (Å²) in [6.45, 7) is 10.7. The Bertz CT molecular complexity index is 1180. The van der Waals surface area contributed by atoms with Gasteiger partial charge in [-0.05, 0) is 76.0 Å². The Labute approximate surface area is 263 Å². The van der Waals surface area contributed by atoms with Crippen molar-refractivity contribution in [1.82, 2.24) is 26.3 Å². The topological polar surface area (TPSA) is 158 Å². The quantitative estimate of drug-likeness (QED) is 0.105. The number of Topliss-reactive ketones (excluding diaryl/α,β-unsaturated/α-hetero) is 2. The van der Waals surface area contributed by atoms with Gasteiger partial charge in [0.1, 0.15) is 11.6 Å². The zero-order chi connectivity index (χ0) is 32.5. The third-order valence-electron chi connectivity index (χ3n) is 8.05. The van der Waals surface area contributed by atoms with Crippen LogP contribution in [0.25, 0.3) is 10.9 Å². The van der Waals surface area contributed by atoms with Crippen molar-refractivity contribution in [3.63, 3.8) is 0 Å². The minimum Gasteiger partial charge on any atom is -0.361 e. The number of H-pyrrole nitrogens is 1. The Kier molecular flexibility index (Phi) is 16.5. The normalized spacial score (nSPS) is 13.5. The Hall–Kier alpha value is -3.40. The fraction of sp³-hybridized carbons (Fsp3) is 0.647. The van der Waals surface area contributed by atoms with Crippen LogP contribution in [0.3, 0.4) is 0 Å². The summed E-state index contributed by atoms with van der Waals surface area (Å²) in [5.74, 6) is 0.474. The van der Waals surface area contributed by atoms with Crippen LogP contribution in [0.15, 0.2) is 30.5 Å². The van der Waals surface area contributed by atoms with Crippen molar-refractivity contribution in [3.05, 3.63) is 36.0 Å². The third kappa shape index (κ3) is 13.9. The summed E-state index contributed by atoms with van der Waals surface area (Å²) in [7, 11) is 0. The molecule has 0 aliphatic heterocycles. The van der Waals surface area contributed by atoms with Gasteiger partial charge < -0.3 is 32.0 Å². The Morgan fingerprint density at radius 3 is 2.27 bits per heavy atom. The monoisotopic (exact) mass is 612 g/mol. The van der Waals surface area contributed by atoms with Crippen LogP contribution in [0.5, 0.6) is 0 Å². The van der Waals surface area contributed by atoms with E-state index in [4.69, 9.17) is 5.73 Å². The second-order valence-corrected chi connectivity index (χ2v) is 12.6. The molecule has 1 heterocycles. The van der Waals surface area contributed by atoms with Gasteiger partial charge in [-0.15, -0.1) is 0 Å². The number of hydrogen-bond acceptors (Lipinski definition) is 5. The first-order valence-corrected chi connectivity index (χ1v) is 16.4. The number of aromatic amines is 1. The van der Waals surface area contributed by atoms with Crippen LogP contribution in [0, 0.1) is 11.8 Å². The van der Waals surface area contributed by atoms with Gasteiger partial charge in [0.2, 0.25) is 0 Å². The van der Waals surface area contributed by atoms with E-state index in [-0.39, 0.29) is 53.6 Å². The molecule has 0 radical (unpaired) electrons. The van der Waals surface area contributed by atoms with Crippen molar-refractivity contribution in [2.45, 2.75) is 117 Å². The molecule has 0 spiro atoms. The van der Waals surface area contributed by atoms with Gasteiger partial charge in [-0.2, -0.15) is 0 Å². The van der Waals surface area contributed by atoms with E-state index in [2.05, 4.69) is 32.3 Å². The summed E-state index contributed by atoms with van der Waals surface area (Å²) in [6.07, 6.45) is 7.83. The number of rotatable bonds is 21. The lowest BCUT2D eigenvalue weighted by molar-refractivity contribution is -0.120. The van der Waals surface area contributed by atoms with Gasteiger partial charge in [0.15, 0.2) is 0 Å². The fourth-order valence-corrected chi connectivity index (χ4v) is 5.42. The van der Waals surface area contributed by atoms with Crippen LogP contribution in [0.4, 0.5) is 9.59 Å². The molecule has 0 unspecified atom stereocenters. The lowest BCUT2D eigenvalue weighted by Crippen LogP contribution is -2.46. The molecule has 10 nitrogen and oxygen atoms in total. The smallest absolute Gasteiger partial charge is 0.315 e. The number of hydrogen-bond donors (Lipinski definition) is 6. The number of nitrogens with one attached hydrogen (secondary N) is 5. The number of urea groups is 2. The van der Waals surface area contributed by atoms with Crippen molar-refractivity contribution in [2.75, 3.05) is 13.1 Å². The molecule has 0 saturated heterocycles. The van der Waals surface area contributed by atoms with E-state index in [0.717, 1.165) is 35.7 Å². The van der Waals surface area contributed by atoms with Crippen molar-refractivity contribution in [1.29, 1.82) is 0 Å². The van der Waals surface area contributed by atoms with E-state index in [1.807, 2.05) is 59.0 Å². The van der Waals surface area contributed by atoms with Crippen LogP contribution in [0.1, 0.15) is 98.0 Å². The fourth-order valence-electron chi connectivity index (χ4n) is 5.42. The Morgan fingerprint density at radius 1 is 0.864 bits per heavy atom. The first kappa shape index (κ1) is 36.8. The maximum absolute atomic E-state index is 13.1. The highest BCUT2D eigenvalue weighted by atomic mass is 16.2. The molecule has 2 aromatic rings. The van der Waals surface area contributed by atoms with E-state index in [9.17, 15) is 19.2 Å². The minimum absolute atomic E-state index is 0.0109. The first-order valence-electron chi connectivity index (χ1n) is 16.4. The van der Waals surface area contributed by atoms with E-state index >= 15 is 0 Å². The SMILES string of the molecule is CCC(=O)CC[C@H](Cc1c[nH]c2ccccc12)NC(=O)NC[C@H](CCCCN)CC(=O)CC[C@@H](NC(=O)NC(C)C)C(C)C. The highest BCUT2D eigenvalue weighted by molar-refractivity contribution is 5.83. The number of amides is 4. The molecular weight excluding hydrogens is 556 g/mol. The zero-order valence-electron chi connectivity index (χ0n) is 27.5. The molecule has 0 aliphatic carbocycles. The Morgan fingerprint density at radius 2 is 1.59 bits per heavy atom. The lowest BCUT2D eigenvalue weighted by atomic mass is 9.92. The molecule has 1 aromatic heterocycles. The molecule has 3 atom stereocenters. The third-order valence-corrected chi connectivity index (χ3v) is 8.05. The summed E-state index contributed by atoms with van der Waals surface area (Å²) >= 11 is 0. The molecule has 0 saturated carbocycles. The van der Waals surface area contributed by atoms with Gasteiger partial charge in [-0.25, -0.2) is 9.59 Å². The highest BCUT2D eigenvalue weighted by Gasteiger charge is 2.21. The molecule has 4 amide bonds. The molecular formula is C34H56N6O4. The van der Waals surface area contributed by atoms with Crippen molar-refractivity contribution < 1.29 is 19.2 Å². The Balaban J connectivity index is 1.97. The van der Waals surface area contributed by atoms with Gasteiger partial charge in [0.25, 0.3) is 0 Å². The van der Waals surface area contributed by atoms with Crippen LogP contribution in [-0.2, 0) is 16.0 Å². The first-order chi connectivity index (χ1) is 21.0. The number of para-hydroxylation sites is 1. The molecule has 0 aliphatic rings. The predicted octanol–water partition coefficient (Wildman–Crippen LogP) is 5.35. The van der Waals surface area contributed by atoms with Gasteiger partial charge in [0, 0.05) is 67.5 Å². The minimum atomic E-state index is -0.296. The second kappa shape index (κ2) is 19.8. The zero-order valence-corrected chi connectivity index (χ0v) is 27.5. The summed E-state index contributed by atoms with van der Waals surface area (Å²) < 4.78 is 0. The number of unbranched alkanes of at least 4 members (excludes halogenated alkanes) is 1. The molecule has 1 aromatic carbocycles. The maximum Gasteiger partial charge on any atom is 0.315 e. The summed E-state index contributed by atoms with van der Waals surface area (Å²) in [5, 5.41) is 13.0. The number of carbonyl (C=O) groups excluding carboxylic acids is 4. The number of nitrogens with two attached hydrogens (primary N) is 1. The van der Waals surface area contributed by atoms with Gasteiger partial charge in [-0.1, -0.05) is 45.4 Å². The molecule has 0 fully saturated rings. The van der Waals surface area contributed by atoms with E-state index < -0.39 is 0 Å². The number of ketones is 2. The van der Waals surface area contributed by atoms with Crippen molar-refractivity contribution in [2.24, 2.45) is 17.6 Å². The highest BCUT2D eigenvalue weighted by Crippen LogP contribution is 2.21. The largest absolute Gasteiger partial charge is 0.361 e. The number of aromatic nitrogens is 1. The van der Waals surface area contributed by atoms with E-state index in [1.54, 1.807) is 0 Å². The second-order valence-electron chi connectivity index (χ2n) is 12.6. The van der Waals surface area contributed by atoms with E-state index in [1.165, 1.54) is 0 Å². The van der Waals surface area contributed by atoms with Gasteiger partial charge >= 0.3 is 12.1 Å². The summed E-state index contributed by atoms with van der Waals surface area (Å²) in [6, 6.07) is 7.24. The van der Waals surface area contributed by atoms with Gasteiger partial charge in [-0.3, -0.25) is 9.59 Å².